The van der Waals surface area contributed by atoms with Gasteiger partial charge in [0.25, 0.3) is 0 Å². The van der Waals surface area contributed by atoms with Crippen molar-refractivity contribution in [1.82, 2.24) is 0 Å². The summed E-state index contributed by atoms with van der Waals surface area (Å²) >= 11 is 11.6. The lowest BCUT2D eigenvalue weighted by atomic mass is 10.2. The smallest absolute Gasteiger partial charge is 0.339 e. The highest BCUT2D eigenvalue weighted by molar-refractivity contribution is 6.36. The Morgan fingerprint density at radius 1 is 1.44 bits per heavy atom. The van der Waals surface area contributed by atoms with E-state index in [9.17, 15) is 4.79 Å². The molecule has 0 unspecified atom stereocenters. The van der Waals surface area contributed by atoms with Crippen LogP contribution < -0.4 is 4.74 Å². The maximum absolute atomic E-state index is 11.0. The van der Waals surface area contributed by atoms with E-state index in [4.69, 9.17) is 33.0 Å². The maximum atomic E-state index is 11.0. The van der Waals surface area contributed by atoms with Gasteiger partial charge in [0.15, 0.2) is 5.75 Å². The number of halogens is 2. The zero-order chi connectivity index (χ0) is 12.3. The molecule has 0 aromatic heterocycles. The monoisotopic (exact) mass is 262 g/mol. The molecule has 0 aliphatic carbocycles. The van der Waals surface area contributed by atoms with Gasteiger partial charge in [-0.25, -0.2) is 4.79 Å². The third kappa shape index (κ3) is 3.29. The van der Waals surface area contributed by atoms with Gasteiger partial charge in [-0.1, -0.05) is 37.0 Å². The summed E-state index contributed by atoms with van der Waals surface area (Å²) in [6.45, 7) is 4.33. The van der Waals surface area contributed by atoms with Crippen molar-refractivity contribution in [3.8, 4) is 5.75 Å². The van der Waals surface area contributed by atoms with Gasteiger partial charge in [0.2, 0.25) is 0 Å². The predicted octanol–water partition coefficient (Wildman–Crippen LogP) is 3.73. The number of rotatable bonds is 4. The zero-order valence-corrected chi connectivity index (χ0v) is 10.5. The molecule has 1 rings (SSSR count). The minimum absolute atomic E-state index is 0.0156. The minimum Gasteiger partial charge on any atom is -0.491 e. The van der Waals surface area contributed by atoms with E-state index >= 15 is 0 Å². The van der Waals surface area contributed by atoms with Crippen LogP contribution in [0.5, 0.6) is 5.75 Å². The first kappa shape index (κ1) is 13.1. The summed E-state index contributed by atoms with van der Waals surface area (Å²) in [7, 11) is 0. The van der Waals surface area contributed by atoms with Crippen LogP contribution in [0.15, 0.2) is 12.1 Å². The molecule has 5 heteroatoms. The van der Waals surface area contributed by atoms with E-state index in [0.29, 0.717) is 6.61 Å². The highest BCUT2D eigenvalue weighted by Crippen LogP contribution is 2.32. The van der Waals surface area contributed by atoms with Crippen LogP contribution >= 0.6 is 23.2 Å². The molecule has 0 fully saturated rings. The van der Waals surface area contributed by atoms with Gasteiger partial charge in [-0.2, -0.15) is 0 Å². The van der Waals surface area contributed by atoms with Crippen LogP contribution in [-0.4, -0.2) is 17.7 Å². The second-order valence-corrected chi connectivity index (χ2v) is 4.62. The van der Waals surface area contributed by atoms with Crippen molar-refractivity contribution < 1.29 is 14.6 Å². The Morgan fingerprint density at radius 3 is 2.56 bits per heavy atom. The van der Waals surface area contributed by atoms with Gasteiger partial charge in [0, 0.05) is 5.02 Å². The SMILES string of the molecule is CC(C)COc1c(Cl)cc(Cl)cc1C(=O)O. The molecule has 16 heavy (non-hydrogen) atoms. The molecule has 0 aliphatic heterocycles. The average molecular weight is 263 g/mol. The van der Waals surface area contributed by atoms with Crippen molar-refractivity contribution in [2.24, 2.45) is 5.92 Å². The molecule has 0 amide bonds. The Kier molecular flexibility index (Phi) is 4.44. The van der Waals surface area contributed by atoms with Gasteiger partial charge in [0.1, 0.15) is 5.56 Å². The van der Waals surface area contributed by atoms with E-state index in [1.165, 1.54) is 12.1 Å². The number of aromatic carboxylic acids is 1. The molecule has 0 saturated heterocycles. The highest BCUT2D eigenvalue weighted by Gasteiger charge is 2.16. The summed E-state index contributed by atoms with van der Waals surface area (Å²) in [5.74, 6) is -0.649. The third-order valence-corrected chi connectivity index (χ3v) is 2.30. The molecule has 3 nitrogen and oxygen atoms in total. The first-order valence-electron chi connectivity index (χ1n) is 4.77. The summed E-state index contributed by atoms with van der Waals surface area (Å²) in [6, 6.07) is 2.79. The van der Waals surface area contributed by atoms with Crippen molar-refractivity contribution in [3.05, 3.63) is 27.7 Å². The number of carboxylic acid groups (broad SMARTS) is 1. The van der Waals surface area contributed by atoms with Crippen LogP contribution in [-0.2, 0) is 0 Å². The Balaban J connectivity index is 3.09. The first-order valence-corrected chi connectivity index (χ1v) is 5.52. The molecule has 0 bridgehead atoms. The lowest BCUT2D eigenvalue weighted by Crippen LogP contribution is -2.09. The number of carboxylic acids is 1. The molecule has 0 radical (unpaired) electrons. The Hall–Kier alpha value is -0.930. The van der Waals surface area contributed by atoms with E-state index in [2.05, 4.69) is 0 Å². The topological polar surface area (TPSA) is 46.5 Å². The van der Waals surface area contributed by atoms with E-state index in [1.807, 2.05) is 13.8 Å². The van der Waals surface area contributed by atoms with E-state index < -0.39 is 5.97 Å². The highest BCUT2D eigenvalue weighted by atomic mass is 35.5. The second-order valence-electron chi connectivity index (χ2n) is 3.77. The second kappa shape index (κ2) is 5.41. The van der Waals surface area contributed by atoms with Crippen molar-refractivity contribution in [2.75, 3.05) is 6.61 Å². The quantitative estimate of drug-likeness (QED) is 0.900. The fourth-order valence-corrected chi connectivity index (χ4v) is 1.66. The fraction of sp³-hybridized carbons (Fsp3) is 0.364. The summed E-state index contributed by atoms with van der Waals surface area (Å²) in [6.07, 6.45) is 0. The molecule has 1 N–H and O–H groups in total. The van der Waals surface area contributed by atoms with Gasteiger partial charge < -0.3 is 9.84 Å². The molecular weight excluding hydrogens is 251 g/mol. The predicted molar refractivity (Wildman–Crippen MR) is 63.8 cm³/mol. The Bertz CT molecular complexity index is 402. The molecule has 0 saturated carbocycles. The molecule has 0 spiro atoms. The van der Waals surface area contributed by atoms with E-state index in [-0.39, 0.29) is 27.3 Å². The standard InChI is InChI=1S/C11H12Cl2O3/c1-6(2)5-16-10-8(11(14)15)3-7(12)4-9(10)13/h3-4,6H,5H2,1-2H3,(H,14,15). The van der Waals surface area contributed by atoms with Gasteiger partial charge in [-0.3, -0.25) is 0 Å². The largest absolute Gasteiger partial charge is 0.491 e. The summed E-state index contributed by atoms with van der Waals surface area (Å²) in [4.78, 5) is 11.0. The van der Waals surface area contributed by atoms with Gasteiger partial charge in [-0.05, 0) is 18.1 Å². The molecule has 1 aromatic carbocycles. The van der Waals surface area contributed by atoms with Crippen LogP contribution in [0.3, 0.4) is 0 Å². The van der Waals surface area contributed by atoms with Crippen molar-refractivity contribution in [3.63, 3.8) is 0 Å². The molecule has 0 atom stereocenters. The number of hydrogen-bond donors (Lipinski definition) is 1. The van der Waals surface area contributed by atoms with E-state index in [1.54, 1.807) is 0 Å². The summed E-state index contributed by atoms with van der Waals surface area (Å²) in [5.41, 5.74) is -0.0156. The fourth-order valence-electron chi connectivity index (χ4n) is 1.12. The van der Waals surface area contributed by atoms with Crippen molar-refractivity contribution in [2.45, 2.75) is 13.8 Å². The first-order chi connectivity index (χ1) is 7.41. The average Bonchev–Trinajstić information content (AvgIpc) is 2.14. The van der Waals surface area contributed by atoms with Gasteiger partial charge in [0.05, 0.1) is 11.6 Å². The molecule has 0 aliphatic rings. The lowest BCUT2D eigenvalue weighted by molar-refractivity contribution is 0.0691. The molecule has 0 heterocycles. The Morgan fingerprint density at radius 2 is 2.06 bits per heavy atom. The normalized spacial score (nSPS) is 10.6. The molecular formula is C11H12Cl2O3. The number of carbonyl (C=O) groups is 1. The number of hydrogen-bond acceptors (Lipinski definition) is 2. The third-order valence-electron chi connectivity index (χ3n) is 1.80. The van der Waals surface area contributed by atoms with Gasteiger partial charge >= 0.3 is 5.97 Å². The van der Waals surface area contributed by atoms with E-state index in [0.717, 1.165) is 0 Å². The molecule has 1 aromatic rings. The zero-order valence-electron chi connectivity index (χ0n) is 8.96. The lowest BCUT2D eigenvalue weighted by Gasteiger charge is -2.13. The molecule has 88 valence electrons. The Labute approximate surface area is 104 Å². The maximum Gasteiger partial charge on any atom is 0.339 e. The van der Waals surface area contributed by atoms with Gasteiger partial charge in [-0.15, -0.1) is 0 Å². The minimum atomic E-state index is -1.11. The van der Waals surface area contributed by atoms with Crippen molar-refractivity contribution >= 4 is 29.2 Å². The summed E-state index contributed by atoms with van der Waals surface area (Å²) < 4.78 is 5.37. The van der Waals surface area contributed by atoms with Crippen LogP contribution in [0.2, 0.25) is 10.0 Å². The summed E-state index contributed by atoms with van der Waals surface area (Å²) in [5, 5.41) is 9.47. The number of benzene rings is 1. The van der Waals surface area contributed by atoms with Crippen LogP contribution in [0.25, 0.3) is 0 Å². The van der Waals surface area contributed by atoms with Crippen LogP contribution in [0, 0.1) is 5.92 Å². The van der Waals surface area contributed by atoms with Crippen LogP contribution in [0.1, 0.15) is 24.2 Å². The van der Waals surface area contributed by atoms with Crippen LogP contribution in [0.4, 0.5) is 0 Å². The van der Waals surface area contributed by atoms with Crippen molar-refractivity contribution in [1.29, 1.82) is 0 Å². The number of ether oxygens (including phenoxy) is 1.